The first-order valence-electron chi connectivity index (χ1n) is 6.40. The van der Waals surface area contributed by atoms with Gasteiger partial charge in [0, 0.05) is 20.9 Å². The minimum atomic E-state index is 0.773. The van der Waals surface area contributed by atoms with Gasteiger partial charge < -0.3 is 5.32 Å². The second-order valence-electron chi connectivity index (χ2n) is 4.68. The zero-order chi connectivity index (χ0) is 14.2. The number of halogens is 1. The van der Waals surface area contributed by atoms with Crippen LogP contribution < -0.4 is 5.32 Å². The van der Waals surface area contributed by atoms with E-state index in [1.807, 2.05) is 36.4 Å². The number of rotatable bonds is 2. The number of aromatic nitrogens is 4. The van der Waals surface area contributed by atoms with Crippen LogP contribution in [0.2, 0.25) is 0 Å². The third-order valence-corrected chi connectivity index (χ3v) is 3.78. The highest BCUT2D eigenvalue weighted by molar-refractivity contribution is 9.10. The first-order valence-corrected chi connectivity index (χ1v) is 7.19. The van der Waals surface area contributed by atoms with E-state index in [0.29, 0.717) is 0 Å². The van der Waals surface area contributed by atoms with Crippen LogP contribution in [0.15, 0.2) is 53.4 Å². The van der Waals surface area contributed by atoms with Crippen LogP contribution in [0.3, 0.4) is 0 Å². The van der Waals surface area contributed by atoms with Gasteiger partial charge in [-0.1, -0.05) is 22.0 Å². The Morgan fingerprint density at radius 3 is 2.95 bits per heavy atom. The van der Waals surface area contributed by atoms with Crippen LogP contribution in [0.25, 0.3) is 21.8 Å². The van der Waals surface area contributed by atoms with E-state index in [1.165, 1.54) is 0 Å². The van der Waals surface area contributed by atoms with Gasteiger partial charge in [-0.15, -0.1) is 0 Å². The molecule has 4 aromatic rings. The van der Waals surface area contributed by atoms with E-state index in [2.05, 4.69) is 41.4 Å². The van der Waals surface area contributed by atoms with Crippen LogP contribution >= 0.6 is 15.9 Å². The summed E-state index contributed by atoms with van der Waals surface area (Å²) in [5.41, 5.74) is 2.82. The van der Waals surface area contributed by atoms with Crippen LogP contribution in [0, 0.1) is 0 Å². The summed E-state index contributed by atoms with van der Waals surface area (Å²) < 4.78 is 1.02. The van der Waals surface area contributed by atoms with Gasteiger partial charge in [0.25, 0.3) is 0 Å². The molecule has 2 heterocycles. The topological polar surface area (TPSA) is 66.5 Å². The minimum Gasteiger partial charge on any atom is -0.340 e. The summed E-state index contributed by atoms with van der Waals surface area (Å²) in [6.07, 6.45) is 3.35. The lowest BCUT2D eigenvalue weighted by molar-refractivity contribution is 1.12. The van der Waals surface area contributed by atoms with Crippen LogP contribution in [0.5, 0.6) is 0 Å². The van der Waals surface area contributed by atoms with E-state index < -0.39 is 0 Å². The smallest absolute Gasteiger partial charge is 0.141 e. The summed E-state index contributed by atoms with van der Waals surface area (Å²) in [6.45, 7) is 0. The zero-order valence-electron chi connectivity index (χ0n) is 10.8. The summed E-state index contributed by atoms with van der Waals surface area (Å²) in [6, 6.07) is 12.0. The van der Waals surface area contributed by atoms with Crippen molar-refractivity contribution < 1.29 is 0 Å². The number of H-pyrrole nitrogens is 1. The third kappa shape index (κ3) is 2.23. The quantitative estimate of drug-likeness (QED) is 0.579. The molecule has 0 saturated carbocycles. The summed E-state index contributed by atoms with van der Waals surface area (Å²) in [7, 11) is 0. The monoisotopic (exact) mass is 339 g/mol. The van der Waals surface area contributed by atoms with E-state index in [-0.39, 0.29) is 0 Å². The molecule has 102 valence electrons. The first kappa shape index (κ1) is 12.3. The van der Waals surface area contributed by atoms with Crippen LogP contribution in [-0.4, -0.2) is 20.2 Å². The van der Waals surface area contributed by atoms with Crippen molar-refractivity contribution in [1.82, 2.24) is 20.2 Å². The SMILES string of the molecule is Brc1cccc(Nc2ncnc3cc4cn[nH]c4cc23)c1. The molecule has 0 aliphatic heterocycles. The van der Waals surface area contributed by atoms with Crippen LogP contribution in [0.1, 0.15) is 0 Å². The van der Waals surface area contributed by atoms with E-state index >= 15 is 0 Å². The Balaban J connectivity index is 1.87. The molecule has 0 fully saturated rings. The fourth-order valence-electron chi connectivity index (χ4n) is 2.30. The summed E-state index contributed by atoms with van der Waals surface area (Å²) in [5, 5.41) is 12.3. The maximum Gasteiger partial charge on any atom is 0.141 e. The molecule has 0 bridgehead atoms. The predicted molar refractivity (Wildman–Crippen MR) is 86.6 cm³/mol. The molecule has 0 spiro atoms. The second kappa shape index (κ2) is 4.82. The van der Waals surface area contributed by atoms with Crippen molar-refractivity contribution in [2.75, 3.05) is 5.32 Å². The number of hydrogen-bond acceptors (Lipinski definition) is 4. The lowest BCUT2D eigenvalue weighted by Crippen LogP contribution is -1.96. The Bertz CT molecular complexity index is 947. The lowest BCUT2D eigenvalue weighted by Gasteiger charge is -2.08. The van der Waals surface area contributed by atoms with Crippen LogP contribution in [0.4, 0.5) is 11.5 Å². The van der Waals surface area contributed by atoms with Gasteiger partial charge >= 0.3 is 0 Å². The molecule has 2 aromatic heterocycles. The Labute approximate surface area is 128 Å². The molecule has 2 N–H and O–H groups in total. The zero-order valence-corrected chi connectivity index (χ0v) is 12.4. The Hall–Kier alpha value is -2.47. The van der Waals surface area contributed by atoms with Gasteiger partial charge in [-0.25, -0.2) is 9.97 Å². The molecule has 21 heavy (non-hydrogen) atoms. The fourth-order valence-corrected chi connectivity index (χ4v) is 2.70. The Kier molecular flexibility index (Phi) is 2.82. The Morgan fingerprint density at radius 1 is 1.10 bits per heavy atom. The van der Waals surface area contributed by atoms with Gasteiger partial charge in [0.2, 0.25) is 0 Å². The van der Waals surface area contributed by atoms with Gasteiger partial charge in [-0.3, -0.25) is 5.10 Å². The maximum absolute atomic E-state index is 4.35. The molecule has 6 heteroatoms. The highest BCUT2D eigenvalue weighted by Gasteiger charge is 2.07. The lowest BCUT2D eigenvalue weighted by atomic mass is 10.1. The highest BCUT2D eigenvalue weighted by atomic mass is 79.9. The standard InChI is InChI=1S/C15H10BrN5/c16-10-2-1-3-11(5-10)20-15-12-6-13-9(7-19-21-13)4-14(12)17-8-18-15/h1-8H,(H,19,21)(H,17,18,20). The van der Waals surface area contributed by atoms with Gasteiger partial charge in [0.05, 0.1) is 17.2 Å². The molecule has 4 rings (SSSR count). The highest BCUT2D eigenvalue weighted by Crippen LogP contribution is 2.27. The van der Waals surface area contributed by atoms with E-state index in [4.69, 9.17) is 0 Å². The molecule has 0 atom stereocenters. The van der Waals surface area contributed by atoms with Gasteiger partial charge in [-0.05, 0) is 30.3 Å². The molecule has 5 nitrogen and oxygen atoms in total. The normalized spacial score (nSPS) is 11.1. The molecule has 0 radical (unpaired) electrons. The van der Waals surface area contributed by atoms with Crippen molar-refractivity contribution in [2.45, 2.75) is 0 Å². The second-order valence-corrected chi connectivity index (χ2v) is 5.60. The third-order valence-electron chi connectivity index (χ3n) is 3.28. The molecule has 0 aliphatic rings. The van der Waals surface area contributed by atoms with Crippen LogP contribution in [-0.2, 0) is 0 Å². The van der Waals surface area contributed by atoms with Gasteiger partial charge in [0.1, 0.15) is 12.1 Å². The fraction of sp³-hybridized carbons (Fsp3) is 0. The largest absolute Gasteiger partial charge is 0.340 e. The molecule has 2 aromatic carbocycles. The van der Waals surface area contributed by atoms with Crippen molar-refractivity contribution >= 4 is 49.2 Å². The predicted octanol–water partition coefficient (Wildman–Crippen LogP) is 4.01. The summed E-state index contributed by atoms with van der Waals surface area (Å²) in [4.78, 5) is 8.68. The number of nitrogens with zero attached hydrogens (tertiary/aromatic N) is 3. The summed E-state index contributed by atoms with van der Waals surface area (Å²) in [5.74, 6) is 0.773. The number of nitrogens with one attached hydrogen (secondary N) is 2. The minimum absolute atomic E-state index is 0.773. The summed E-state index contributed by atoms with van der Waals surface area (Å²) >= 11 is 3.47. The van der Waals surface area contributed by atoms with Crippen molar-refractivity contribution in [1.29, 1.82) is 0 Å². The van der Waals surface area contributed by atoms with Crippen molar-refractivity contribution in [2.24, 2.45) is 0 Å². The molecule has 0 aliphatic carbocycles. The number of benzene rings is 2. The van der Waals surface area contributed by atoms with Gasteiger partial charge in [0.15, 0.2) is 0 Å². The average molecular weight is 340 g/mol. The van der Waals surface area contributed by atoms with Crippen molar-refractivity contribution in [3.8, 4) is 0 Å². The first-order chi connectivity index (χ1) is 10.3. The van der Waals surface area contributed by atoms with Crippen molar-refractivity contribution in [3.05, 3.63) is 53.4 Å². The van der Waals surface area contributed by atoms with Gasteiger partial charge in [-0.2, -0.15) is 5.10 Å². The molecule has 0 saturated heterocycles. The number of fused-ring (bicyclic) bond motifs is 2. The van der Waals surface area contributed by atoms with E-state index in [0.717, 1.165) is 37.8 Å². The number of aromatic amines is 1. The van der Waals surface area contributed by atoms with Crippen molar-refractivity contribution in [3.63, 3.8) is 0 Å². The molecule has 0 unspecified atom stereocenters. The van der Waals surface area contributed by atoms with E-state index in [9.17, 15) is 0 Å². The number of hydrogen-bond donors (Lipinski definition) is 2. The molecular weight excluding hydrogens is 330 g/mol. The van der Waals surface area contributed by atoms with E-state index in [1.54, 1.807) is 12.5 Å². The average Bonchev–Trinajstić information content (AvgIpc) is 2.93. The maximum atomic E-state index is 4.35. The molecule has 0 amide bonds. The molecular formula is C15H10BrN5. The number of anilines is 2. The Morgan fingerprint density at radius 2 is 2.05 bits per heavy atom.